The zero-order chi connectivity index (χ0) is 23.1. The van der Waals surface area contributed by atoms with E-state index >= 15 is 0 Å². The number of rotatable bonds is 12. The molecule has 0 bridgehead atoms. The number of carbonyl (C=O) groups is 1. The monoisotopic (exact) mass is 459 g/mol. The topological polar surface area (TPSA) is 98.7 Å². The van der Waals surface area contributed by atoms with E-state index in [2.05, 4.69) is 18.3 Å². The third kappa shape index (κ3) is 5.94. The molecule has 32 heavy (non-hydrogen) atoms. The molecule has 1 amide bonds. The van der Waals surface area contributed by atoms with Crippen LogP contribution in [-0.2, 0) is 13.0 Å². The summed E-state index contributed by atoms with van der Waals surface area (Å²) in [5.74, 6) is 0.794. The Morgan fingerprint density at radius 3 is 2.78 bits per heavy atom. The highest BCUT2D eigenvalue weighted by Gasteiger charge is 2.14. The van der Waals surface area contributed by atoms with Crippen LogP contribution in [0.4, 0.5) is 0 Å². The van der Waals surface area contributed by atoms with Crippen LogP contribution in [-0.4, -0.2) is 48.5 Å². The van der Waals surface area contributed by atoms with Gasteiger partial charge < -0.3 is 30.2 Å². The number of aryl methyl sites for hydroxylation is 1. The number of aromatic nitrogens is 1. The van der Waals surface area contributed by atoms with Gasteiger partial charge in [0.25, 0.3) is 5.91 Å². The maximum absolute atomic E-state index is 12.1. The van der Waals surface area contributed by atoms with E-state index in [0.29, 0.717) is 48.2 Å². The van der Waals surface area contributed by atoms with Crippen molar-refractivity contribution in [2.45, 2.75) is 32.4 Å². The molecule has 0 unspecified atom stereocenters. The molecule has 172 valence electrons. The fourth-order valence-corrected chi connectivity index (χ4v) is 3.96. The average molecular weight is 460 g/mol. The molecule has 8 heteroatoms. The van der Waals surface area contributed by atoms with Crippen LogP contribution in [0.3, 0.4) is 0 Å². The lowest BCUT2D eigenvalue weighted by molar-refractivity contribution is 0.100. The minimum Gasteiger partial charge on any atom is -0.493 e. The number of carbonyl (C=O) groups excluding carboxylic acids is 1. The molecule has 0 aliphatic heterocycles. The first-order valence-corrected chi connectivity index (χ1v) is 11.0. The number of benzene rings is 2. The van der Waals surface area contributed by atoms with Gasteiger partial charge in [-0.05, 0) is 55.7 Å². The lowest BCUT2D eigenvalue weighted by atomic mass is 10.0. The third-order valence-electron chi connectivity index (χ3n) is 5.26. The van der Waals surface area contributed by atoms with Crippen LogP contribution in [0.5, 0.6) is 11.5 Å². The summed E-state index contributed by atoms with van der Waals surface area (Å²) in [4.78, 5) is 12.1. The molecule has 7 nitrogen and oxygen atoms in total. The average Bonchev–Trinajstić information content (AvgIpc) is 3.17. The fourth-order valence-electron chi connectivity index (χ4n) is 3.80. The van der Waals surface area contributed by atoms with Gasteiger partial charge in [-0.3, -0.25) is 4.79 Å². The third-order valence-corrected chi connectivity index (χ3v) is 5.50. The molecule has 1 heterocycles. The van der Waals surface area contributed by atoms with Crippen molar-refractivity contribution >= 4 is 28.4 Å². The van der Waals surface area contributed by atoms with Gasteiger partial charge in [-0.1, -0.05) is 11.6 Å². The number of nitrogens with one attached hydrogen (secondary N) is 1. The molecule has 0 spiro atoms. The van der Waals surface area contributed by atoms with Crippen molar-refractivity contribution in [1.29, 1.82) is 0 Å². The van der Waals surface area contributed by atoms with Gasteiger partial charge >= 0.3 is 0 Å². The summed E-state index contributed by atoms with van der Waals surface area (Å²) in [5, 5.41) is 14.1. The number of hydrogen-bond acceptors (Lipinski definition) is 5. The maximum atomic E-state index is 12.1. The predicted molar refractivity (Wildman–Crippen MR) is 127 cm³/mol. The Kier molecular flexibility index (Phi) is 8.39. The number of aliphatic hydroxyl groups excluding tert-OH is 1. The van der Waals surface area contributed by atoms with Crippen molar-refractivity contribution in [1.82, 2.24) is 9.88 Å². The number of nitrogens with two attached hydrogens (primary N) is 1. The van der Waals surface area contributed by atoms with Crippen molar-refractivity contribution in [2.75, 3.05) is 26.9 Å². The number of amides is 1. The molecule has 0 fully saturated rings. The Hall–Kier alpha value is -2.74. The Morgan fingerprint density at radius 2 is 2.06 bits per heavy atom. The number of hydrogen-bond donors (Lipinski definition) is 3. The van der Waals surface area contributed by atoms with E-state index < -0.39 is 5.91 Å². The van der Waals surface area contributed by atoms with Gasteiger partial charge in [0.1, 0.15) is 6.61 Å². The summed E-state index contributed by atoms with van der Waals surface area (Å²) < 4.78 is 13.1. The highest BCUT2D eigenvalue weighted by molar-refractivity contribution is 6.30. The standard InChI is InChI=1S/C24H30ClN3O4/c1-16(27-7-11-32-22-15-19(25)4-5-21(22)31-2)12-17-13-18-6-9-28(8-3-10-29)23(18)20(14-17)24(26)30/h4-6,9,13-16,27,29H,3,7-8,10-12H2,1-2H3,(H2,26,30)/t16-/m1/s1. The molecule has 0 saturated heterocycles. The second-order valence-corrected chi connectivity index (χ2v) is 8.17. The minimum absolute atomic E-state index is 0.0979. The van der Waals surface area contributed by atoms with Crippen LogP contribution in [0.25, 0.3) is 10.9 Å². The van der Waals surface area contributed by atoms with Crippen LogP contribution < -0.4 is 20.5 Å². The molecule has 0 saturated carbocycles. The number of ether oxygens (including phenoxy) is 2. The summed E-state index contributed by atoms with van der Waals surface area (Å²) in [7, 11) is 1.59. The van der Waals surface area contributed by atoms with Crippen LogP contribution in [0.15, 0.2) is 42.6 Å². The van der Waals surface area contributed by atoms with E-state index in [0.717, 1.165) is 22.9 Å². The second kappa shape index (κ2) is 11.2. The Balaban J connectivity index is 1.61. The van der Waals surface area contributed by atoms with Crippen molar-refractivity contribution in [3.05, 3.63) is 58.7 Å². The zero-order valence-electron chi connectivity index (χ0n) is 18.4. The number of primary amides is 1. The van der Waals surface area contributed by atoms with Gasteiger partial charge in [-0.25, -0.2) is 0 Å². The summed E-state index contributed by atoms with van der Waals surface area (Å²) in [5.41, 5.74) is 8.02. The molecule has 4 N–H and O–H groups in total. The van der Waals surface area contributed by atoms with Crippen molar-refractivity contribution < 1.29 is 19.4 Å². The van der Waals surface area contributed by atoms with Gasteiger partial charge in [0.15, 0.2) is 11.5 Å². The smallest absolute Gasteiger partial charge is 0.250 e. The van der Waals surface area contributed by atoms with Crippen molar-refractivity contribution in [3.8, 4) is 11.5 Å². The Bertz CT molecular complexity index is 1070. The molecular weight excluding hydrogens is 430 g/mol. The van der Waals surface area contributed by atoms with Gasteiger partial charge in [-0.2, -0.15) is 0 Å². The van der Waals surface area contributed by atoms with Gasteiger partial charge in [0.05, 0.1) is 18.2 Å². The van der Waals surface area contributed by atoms with E-state index in [1.807, 2.05) is 22.9 Å². The lowest BCUT2D eigenvalue weighted by Crippen LogP contribution is -2.32. The maximum Gasteiger partial charge on any atom is 0.250 e. The van der Waals surface area contributed by atoms with E-state index in [1.165, 1.54) is 0 Å². The minimum atomic E-state index is -0.453. The van der Waals surface area contributed by atoms with Crippen LogP contribution in [0, 0.1) is 0 Å². The summed E-state index contributed by atoms with van der Waals surface area (Å²) >= 11 is 6.03. The number of methoxy groups -OCH3 is 1. The van der Waals surface area contributed by atoms with E-state index in [9.17, 15) is 4.79 Å². The van der Waals surface area contributed by atoms with E-state index in [-0.39, 0.29) is 12.6 Å². The van der Waals surface area contributed by atoms with Crippen LogP contribution in [0.2, 0.25) is 5.02 Å². The first kappa shape index (κ1) is 23.9. The van der Waals surface area contributed by atoms with Gasteiger partial charge in [-0.15, -0.1) is 0 Å². The largest absolute Gasteiger partial charge is 0.493 e. The summed E-state index contributed by atoms with van der Waals surface area (Å²) in [6.07, 6.45) is 3.28. The predicted octanol–water partition coefficient (Wildman–Crippen LogP) is 3.38. The first-order chi connectivity index (χ1) is 15.4. The highest BCUT2D eigenvalue weighted by Crippen LogP contribution is 2.30. The molecule has 0 aliphatic carbocycles. The van der Waals surface area contributed by atoms with Gasteiger partial charge in [0, 0.05) is 48.4 Å². The highest BCUT2D eigenvalue weighted by atomic mass is 35.5. The Labute approximate surface area is 193 Å². The lowest BCUT2D eigenvalue weighted by Gasteiger charge is -2.16. The summed E-state index contributed by atoms with van der Waals surface area (Å²) in [6.45, 7) is 3.91. The number of aliphatic hydroxyl groups is 1. The SMILES string of the molecule is COc1ccc(Cl)cc1OCCN[C@H](C)Cc1cc(C(N)=O)c2c(ccn2CCCO)c1. The molecule has 3 rings (SSSR count). The van der Waals surface area contributed by atoms with Crippen molar-refractivity contribution in [3.63, 3.8) is 0 Å². The van der Waals surface area contributed by atoms with Crippen LogP contribution >= 0.6 is 11.6 Å². The molecule has 0 aliphatic rings. The zero-order valence-corrected chi connectivity index (χ0v) is 19.2. The molecular formula is C24H30ClN3O4. The number of fused-ring (bicyclic) bond motifs is 1. The van der Waals surface area contributed by atoms with Gasteiger partial charge in [0.2, 0.25) is 0 Å². The molecule has 1 atom stereocenters. The van der Waals surface area contributed by atoms with E-state index in [4.69, 9.17) is 31.9 Å². The van der Waals surface area contributed by atoms with E-state index in [1.54, 1.807) is 25.3 Å². The normalized spacial score (nSPS) is 12.1. The fraction of sp³-hybridized carbons (Fsp3) is 0.375. The summed E-state index contributed by atoms with van der Waals surface area (Å²) in [6, 6.07) is 11.4. The number of halogens is 1. The molecule has 0 radical (unpaired) electrons. The molecule has 1 aromatic heterocycles. The van der Waals surface area contributed by atoms with Crippen molar-refractivity contribution in [2.24, 2.45) is 5.73 Å². The molecule has 3 aromatic rings. The first-order valence-electron chi connectivity index (χ1n) is 10.6. The molecule has 2 aromatic carbocycles. The van der Waals surface area contributed by atoms with Crippen LogP contribution in [0.1, 0.15) is 29.3 Å². The Morgan fingerprint density at radius 1 is 1.25 bits per heavy atom. The quantitative estimate of drug-likeness (QED) is 0.360. The number of nitrogens with zero attached hydrogens (tertiary/aromatic N) is 1. The second-order valence-electron chi connectivity index (χ2n) is 7.73.